The number of hydrogen-bond donors (Lipinski definition) is 0. The van der Waals surface area contributed by atoms with Crippen molar-refractivity contribution in [3.8, 4) is 5.75 Å². The van der Waals surface area contributed by atoms with Crippen molar-refractivity contribution in [3.05, 3.63) is 41.5 Å². The van der Waals surface area contributed by atoms with Crippen LogP contribution in [0, 0.1) is 6.92 Å². The summed E-state index contributed by atoms with van der Waals surface area (Å²) in [6.45, 7) is 4.16. The molecule has 1 heterocycles. The average molecular weight is 188 g/mol. The van der Waals surface area contributed by atoms with E-state index in [-0.39, 0.29) is 6.10 Å². The van der Waals surface area contributed by atoms with Crippen molar-refractivity contribution >= 4 is 0 Å². The summed E-state index contributed by atoms with van der Waals surface area (Å²) in [5, 5.41) is 0. The van der Waals surface area contributed by atoms with E-state index in [0.717, 1.165) is 18.6 Å². The molecule has 0 spiro atoms. The van der Waals surface area contributed by atoms with Gasteiger partial charge in [0.25, 0.3) is 0 Å². The number of rotatable bonds is 1. The van der Waals surface area contributed by atoms with E-state index in [1.54, 1.807) is 0 Å². The van der Waals surface area contributed by atoms with Gasteiger partial charge in [-0.15, -0.1) is 0 Å². The Morgan fingerprint density at radius 3 is 3.07 bits per heavy atom. The fraction of sp³-hybridized carbons (Fsp3) is 0.385. The number of ether oxygens (including phenoxy) is 1. The minimum absolute atomic E-state index is 0.273. The first-order valence-corrected chi connectivity index (χ1v) is 5.18. The molecule has 0 aromatic heterocycles. The van der Waals surface area contributed by atoms with Crippen molar-refractivity contribution in [1.82, 2.24) is 0 Å². The molecule has 1 aliphatic rings. The zero-order valence-corrected chi connectivity index (χ0v) is 8.79. The molecule has 0 N–H and O–H groups in total. The summed E-state index contributed by atoms with van der Waals surface area (Å²) in [5.74, 6) is 1.06. The van der Waals surface area contributed by atoms with Gasteiger partial charge >= 0.3 is 0 Å². The first kappa shape index (κ1) is 9.32. The SMILES string of the molecule is C/C=C/C1CCc2cc(C)ccc2O1. The summed E-state index contributed by atoms with van der Waals surface area (Å²) in [6.07, 6.45) is 6.69. The number of allylic oxidation sites excluding steroid dienone is 1. The van der Waals surface area contributed by atoms with E-state index in [0.29, 0.717) is 0 Å². The Kier molecular flexibility index (Phi) is 2.58. The first-order chi connectivity index (χ1) is 6.79. The van der Waals surface area contributed by atoms with Crippen LogP contribution in [-0.4, -0.2) is 6.10 Å². The van der Waals surface area contributed by atoms with Crippen LogP contribution in [-0.2, 0) is 6.42 Å². The van der Waals surface area contributed by atoms with Gasteiger partial charge in [0, 0.05) is 0 Å². The molecular formula is C13H16O. The second kappa shape index (κ2) is 3.87. The minimum atomic E-state index is 0.273. The van der Waals surface area contributed by atoms with Crippen LogP contribution >= 0.6 is 0 Å². The highest BCUT2D eigenvalue weighted by Crippen LogP contribution is 2.28. The molecule has 0 saturated heterocycles. The number of hydrogen-bond acceptors (Lipinski definition) is 1. The Hall–Kier alpha value is -1.24. The fourth-order valence-corrected chi connectivity index (χ4v) is 1.89. The molecule has 14 heavy (non-hydrogen) atoms. The highest BCUT2D eigenvalue weighted by Gasteiger charge is 2.16. The van der Waals surface area contributed by atoms with Crippen LogP contribution in [0.4, 0.5) is 0 Å². The summed E-state index contributed by atoms with van der Waals surface area (Å²) in [6, 6.07) is 6.42. The van der Waals surface area contributed by atoms with Crippen LogP contribution in [0.2, 0.25) is 0 Å². The molecule has 1 aromatic rings. The summed E-state index contributed by atoms with van der Waals surface area (Å²) in [5.41, 5.74) is 2.67. The van der Waals surface area contributed by atoms with Gasteiger partial charge in [-0.05, 0) is 44.4 Å². The third-order valence-corrected chi connectivity index (χ3v) is 2.60. The number of aryl methyl sites for hydroxylation is 2. The van der Waals surface area contributed by atoms with Gasteiger partial charge in [0.2, 0.25) is 0 Å². The van der Waals surface area contributed by atoms with Crippen LogP contribution < -0.4 is 4.74 Å². The van der Waals surface area contributed by atoms with E-state index < -0.39 is 0 Å². The third kappa shape index (κ3) is 1.82. The van der Waals surface area contributed by atoms with E-state index in [9.17, 15) is 0 Å². The maximum Gasteiger partial charge on any atom is 0.123 e. The summed E-state index contributed by atoms with van der Waals surface area (Å²) >= 11 is 0. The molecule has 1 aromatic carbocycles. The van der Waals surface area contributed by atoms with Gasteiger partial charge in [0.15, 0.2) is 0 Å². The third-order valence-electron chi connectivity index (χ3n) is 2.60. The van der Waals surface area contributed by atoms with Gasteiger partial charge in [-0.3, -0.25) is 0 Å². The van der Waals surface area contributed by atoms with E-state index >= 15 is 0 Å². The van der Waals surface area contributed by atoms with Gasteiger partial charge in [-0.2, -0.15) is 0 Å². The molecule has 0 radical (unpaired) electrons. The summed E-state index contributed by atoms with van der Waals surface area (Å²) < 4.78 is 5.84. The largest absolute Gasteiger partial charge is 0.486 e. The van der Waals surface area contributed by atoms with Crippen molar-refractivity contribution in [2.45, 2.75) is 32.8 Å². The molecular weight excluding hydrogens is 172 g/mol. The standard InChI is InChI=1S/C13H16O/c1-3-4-12-7-6-11-9-10(2)5-8-13(11)14-12/h3-5,8-9,12H,6-7H2,1-2H3/b4-3+. The molecule has 1 heteroatoms. The Labute approximate surface area is 85.4 Å². The lowest BCUT2D eigenvalue weighted by molar-refractivity contribution is 0.218. The number of fused-ring (bicyclic) bond motifs is 1. The predicted octanol–water partition coefficient (Wildman–Crippen LogP) is 3.26. The Balaban J connectivity index is 2.23. The Morgan fingerprint density at radius 2 is 2.29 bits per heavy atom. The molecule has 1 nitrogen and oxygen atoms in total. The molecule has 0 amide bonds. The lowest BCUT2D eigenvalue weighted by atomic mass is 10.0. The number of benzene rings is 1. The molecule has 1 atom stereocenters. The lowest BCUT2D eigenvalue weighted by Gasteiger charge is -2.24. The molecule has 0 aliphatic carbocycles. The fourth-order valence-electron chi connectivity index (χ4n) is 1.89. The van der Waals surface area contributed by atoms with E-state index in [2.05, 4.69) is 37.3 Å². The highest BCUT2D eigenvalue weighted by molar-refractivity contribution is 5.38. The lowest BCUT2D eigenvalue weighted by Crippen LogP contribution is -2.20. The van der Waals surface area contributed by atoms with Gasteiger partial charge < -0.3 is 4.74 Å². The molecule has 0 bridgehead atoms. The van der Waals surface area contributed by atoms with Gasteiger partial charge in [-0.1, -0.05) is 23.8 Å². The summed E-state index contributed by atoms with van der Waals surface area (Å²) in [7, 11) is 0. The van der Waals surface area contributed by atoms with Crippen LogP contribution in [0.15, 0.2) is 30.4 Å². The van der Waals surface area contributed by atoms with Crippen molar-refractivity contribution in [3.63, 3.8) is 0 Å². The van der Waals surface area contributed by atoms with Crippen molar-refractivity contribution < 1.29 is 4.74 Å². The van der Waals surface area contributed by atoms with Gasteiger partial charge in [0.1, 0.15) is 11.9 Å². The van der Waals surface area contributed by atoms with E-state index in [4.69, 9.17) is 4.74 Å². The van der Waals surface area contributed by atoms with Crippen molar-refractivity contribution in [2.24, 2.45) is 0 Å². The topological polar surface area (TPSA) is 9.23 Å². The molecule has 1 unspecified atom stereocenters. The second-order valence-corrected chi connectivity index (χ2v) is 3.83. The van der Waals surface area contributed by atoms with Crippen molar-refractivity contribution in [1.29, 1.82) is 0 Å². The van der Waals surface area contributed by atoms with E-state index in [1.807, 2.05) is 6.92 Å². The molecule has 0 saturated carbocycles. The predicted molar refractivity (Wildman–Crippen MR) is 58.7 cm³/mol. The zero-order chi connectivity index (χ0) is 9.97. The highest BCUT2D eigenvalue weighted by atomic mass is 16.5. The maximum atomic E-state index is 5.84. The smallest absolute Gasteiger partial charge is 0.123 e. The maximum absolute atomic E-state index is 5.84. The molecule has 74 valence electrons. The Morgan fingerprint density at radius 1 is 1.43 bits per heavy atom. The van der Waals surface area contributed by atoms with Crippen LogP contribution in [0.3, 0.4) is 0 Å². The van der Waals surface area contributed by atoms with Crippen molar-refractivity contribution in [2.75, 3.05) is 0 Å². The van der Waals surface area contributed by atoms with E-state index in [1.165, 1.54) is 11.1 Å². The van der Waals surface area contributed by atoms with Gasteiger partial charge in [0.05, 0.1) is 0 Å². The quantitative estimate of drug-likeness (QED) is 0.615. The monoisotopic (exact) mass is 188 g/mol. The average Bonchev–Trinajstić information content (AvgIpc) is 2.19. The van der Waals surface area contributed by atoms with Crippen LogP contribution in [0.5, 0.6) is 5.75 Å². The first-order valence-electron chi connectivity index (χ1n) is 5.18. The zero-order valence-electron chi connectivity index (χ0n) is 8.79. The summed E-state index contributed by atoms with van der Waals surface area (Å²) in [4.78, 5) is 0. The van der Waals surface area contributed by atoms with Gasteiger partial charge in [-0.25, -0.2) is 0 Å². The molecule has 2 rings (SSSR count). The normalized spacial score (nSPS) is 20.6. The van der Waals surface area contributed by atoms with Crippen LogP contribution in [0.1, 0.15) is 24.5 Å². The minimum Gasteiger partial charge on any atom is -0.486 e. The second-order valence-electron chi connectivity index (χ2n) is 3.83. The molecule has 1 aliphatic heterocycles. The Bertz CT molecular complexity index is 352. The van der Waals surface area contributed by atoms with Crippen LogP contribution in [0.25, 0.3) is 0 Å². The molecule has 0 fully saturated rings.